The van der Waals surface area contributed by atoms with E-state index in [2.05, 4.69) is 11.9 Å². The summed E-state index contributed by atoms with van der Waals surface area (Å²) in [6, 6.07) is 5.42. The molecule has 0 bridgehead atoms. The van der Waals surface area contributed by atoms with Gasteiger partial charge in [-0.15, -0.1) is 11.3 Å². The number of nitrogen functional groups attached to an aromatic ring is 1. The summed E-state index contributed by atoms with van der Waals surface area (Å²) in [5.41, 5.74) is 7.45. The van der Waals surface area contributed by atoms with Crippen molar-refractivity contribution in [3.63, 3.8) is 0 Å². The van der Waals surface area contributed by atoms with Gasteiger partial charge < -0.3 is 15.8 Å². The fourth-order valence-electron chi connectivity index (χ4n) is 1.82. The smallest absolute Gasteiger partial charge is 0.263 e. The van der Waals surface area contributed by atoms with Crippen molar-refractivity contribution in [1.82, 2.24) is 5.32 Å². The van der Waals surface area contributed by atoms with Crippen molar-refractivity contribution in [1.29, 1.82) is 0 Å². The van der Waals surface area contributed by atoms with E-state index in [0.29, 0.717) is 35.3 Å². The number of halogens is 1. The van der Waals surface area contributed by atoms with Gasteiger partial charge in [-0.05, 0) is 25.1 Å². The molecule has 0 aliphatic rings. The molecule has 0 aliphatic carbocycles. The van der Waals surface area contributed by atoms with Crippen LogP contribution in [0.2, 0.25) is 5.02 Å². The summed E-state index contributed by atoms with van der Waals surface area (Å²) >= 11 is 7.31. The third kappa shape index (κ3) is 3.97. The number of carbonyl (C=O) groups is 1. The minimum absolute atomic E-state index is 0.191. The number of anilines is 1. The topological polar surface area (TPSA) is 64.3 Å². The van der Waals surface area contributed by atoms with Gasteiger partial charge in [0.15, 0.2) is 0 Å². The zero-order valence-corrected chi connectivity index (χ0v) is 13.3. The van der Waals surface area contributed by atoms with Crippen LogP contribution in [0.5, 0.6) is 0 Å². The lowest BCUT2D eigenvalue weighted by atomic mass is 10.2. The summed E-state index contributed by atoms with van der Waals surface area (Å²) in [5, 5.41) is 4.21. The Bertz CT molecular complexity index is 682. The molecule has 21 heavy (non-hydrogen) atoms. The molecule has 1 heterocycles. The minimum Gasteiger partial charge on any atom is -0.397 e. The number of amides is 1. The first-order valence-corrected chi connectivity index (χ1v) is 7.66. The summed E-state index contributed by atoms with van der Waals surface area (Å²) in [4.78, 5) is 12.6. The van der Waals surface area contributed by atoms with Crippen LogP contribution >= 0.6 is 22.9 Å². The van der Waals surface area contributed by atoms with E-state index in [1.165, 1.54) is 11.3 Å². The van der Waals surface area contributed by atoms with Gasteiger partial charge in [-0.2, -0.15) is 0 Å². The lowest BCUT2D eigenvalue weighted by Crippen LogP contribution is -2.27. The fourth-order valence-corrected chi connectivity index (χ4v) is 3.01. The summed E-state index contributed by atoms with van der Waals surface area (Å²) in [6.07, 6.45) is 0. The average Bonchev–Trinajstić information content (AvgIpc) is 2.75. The average molecular weight is 325 g/mol. The van der Waals surface area contributed by atoms with E-state index in [1.54, 1.807) is 12.1 Å². The largest absolute Gasteiger partial charge is 0.397 e. The van der Waals surface area contributed by atoms with Crippen LogP contribution in [0.4, 0.5) is 5.69 Å². The number of nitrogens with two attached hydrogens (primary N) is 1. The third-order valence-corrected chi connectivity index (χ3v) is 4.20. The van der Waals surface area contributed by atoms with Gasteiger partial charge in [0.1, 0.15) is 4.88 Å². The molecular formula is C15H17ClN2O2S. The Kier molecular flexibility index (Phi) is 5.22. The number of ether oxygens (including phenoxy) is 1. The monoisotopic (exact) mass is 324 g/mol. The molecule has 0 saturated carbocycles. The third-order valence-electron chi connectivity index (χ3n) is 2.78. The number of fused-ring (bicyclic) bond motifs is 1. The highest BCUT2D eigenvalue weighted by Crippen LogP contribution is 2.35. The van der Waals surface area contributed by atoms with E-state index in [0.717, 1.165) is 15.7 Å². The molecule has 0 spiro atoms. The standard InChI is InChI=1S/C15H17ClN2O2S/c1-9(2)8-20-6-5-18-15(19)14-13(17)11-7-10(16)3-4-12(11)21-14/h3-4,7H,1,5-6,8,17H2,2H3,(H,18,19). The van der Waals surface area contributed by atoms with Crippen molar-refractivity contribution in [3.05, 3.63) is 40.3 Å². The normalized spacial score (nSPS) is 10.8. The lowest BCUT2D eigenvalue weighted by Gasteiger charge is -2.05. The molecule has 0 atom stereocenters. The molecular weight excluding hydrogens is 308 g/mol. The van der Waals surface area contributed by atoms with Crippen molar-refractivity contribution in [2.24, 2.45) is 0 Å². The quantitative estimate of drug-likeness (QED) is 0.631. The van der Waals surface area contributed by atoms with E-state index >= 15 is 0 Å². The Balaban J connectivity index is 1.99. The number of hydrogen-bond acceptors (Lipinski definition) is 4. The Morgan fingerprint density at radius 2 is 2.29 bits per heavy atom. The number of rotatable bonds is 6. The highest BCUT2D eigenvalue weighted by atomic mass is 35.5. The van der Waals surface area contributed by atoms with Gasteiger partial charge in [-0.25, -0.2) is 0 Å². The number of thiophene rings is 1. The number of hydrogen-bond donors (Lipinski definition) is 2. The predicted octanol–water partition coefficient (Wildman–Crippen LogP) is 3.46. The van der Waals surface area contributed by atoms with Crippen LogP contribution in [0.3, 0.4) is 0 Å². The van der Waals surface area contributed by atoms with E-state index in [1.807, 2.05) is 13.0 Å². The van der Waals surface area contributed by atoms with E-state index in [-0.39, 0.29) is 5.91 Å². The van der Waals surface area contributed by atoms with Crippen molar-refractivity contribution in [3.8, 4) is 0 Å². The Morgan fingerprint density at radius 1 is 1.52 bits per heavy atom. The molecule has 112 valence electrons. The van der Waals surface area contributed by atoms with Crippen LogP contribution in [0.15, 0.2) is 30.4 Å². The van der Waals surface area contributed by atoms with Crippen molar-refractivity contribution in [2.75, 3.05) is 25.5 Å². The Labute approximate surface area is 132 Å². The first-order valence-electron chi connectivity index (χ1n) is 6.47. The number of benzene rings is 1. The minimum atomic E-state index is -0.191. The van der Waals surface area contributed by atoms with Crippen LogP contribution in [0.1, 0.15) is 16.6 Å². The number of carbonyl (C=O) groups excluding carboxylic acids is 1. The molecule has 0 saturated heterocycles. The maximum atomic E-state index is 12.1. The first-order chi connectivity index (χ1) is 9.99. The molecule has 0 unspecified atom stereocenters. The molecule has 3 N–H and O–H groups in total. The van der Waals surface area contributed by atoms with Crippen LogP contribution < -0.4 is 11.1 Å². The second kappa shape index (κ2) is 6.93. The van der Waals surface area contributed by atoms with Crippen LogP contribution in [0, 0.1) is 0 Å². The summed E-state index contributed by atoms with van der Waals surface area (Å²) in [6.45, 7) is 7.00. The second-order valence-corrected chi connectivity index (χ2v) is 6.24. The second-order valence-electron chi connectivity index (χ2n) is 4.75. The van der Waals surface area contributed by atoms with Gasteiger partial charge in [0.05, 0.1) is 18.9 Å². The van der Waals surface area contributed by atoms with Gasteiger partial charge in [0, 0.05) is 21.7 Å². The molecule has 6 heteroatoms. The molecule has 2 aromatic rings. The van der Waals surface area contributed by atoms with E-state index in [9.17, 15) is 4.79 Å². The highest BCUT2D eigenvalue weighted by Gasteiger charge is 2.16. The summed E-state index contributed by atoms with van der Waals surface area (Å²) in [7, 11) is 0. The summed E-state index contributed by atoms with van der Waals surface area (Å²) in [5.74, 6) is -0.191. The van der Waals surface area contributed by atoms with Gasteiger partial charge >= 0.3 is 0 Å². The molecule has 4 nitrogen and oxygen atoms in total. The van der Waals surface area contributed by atoms with Crippen LogP contribution in [-0.4, -0.2) is 25.7 Å². The number of nitrogens with one attached hydrogen (secondary N) is 1. The Hall–Kier alpha value is -1.56. The van der Waals surface area contributed by atoms with Crippen molar-refractivity contribution in [2.45, 2.75) is 6.92 Å². The van der Waals surface area contributed by atoms with Gasteiger partial charge in [-0.3, -0.25) is 4.79 Å². The van der Waals surface area contributed by atoms with Crippen molar-refractivity contribution < 1.29 is 9.53 Å². The van der Waals surface area contributed by atoms with Crippen LogP contribution in [-0.2, 0) is 4.74 Å². The molecule has 1 aromatic heterocycles. The Morgan fingerprint density at radius 3 is 3.00 bits per heavy atom. The van der Waals surface area contributed by atoms with Crippen LogP contribution in [0.25, 0.3) is 10.1 Å². The maximum Gasteiger partial charge on any atom is 0.263 e. The molecule has 1 amide bonds. The first kappa shape index (κ1) is 15.8. The molecule has 0 fully saturated rings. The van der Waals surface area contributed by atoms with Crippen molar-refractivity contribution >= 4 is 44.6 Å². The lowest BCUT2D eigenvalue weighted by molar-refractivity contribution is 0.0931. The maximum absolute atomic E-state index is 12.1. The van der Waals surface area contributed by atoms with Gasteiger partial charge in [0.25, 0.3) is 5.91 Å². The molecule has 2 rings (SSSR count). The predicted molar refractivity (Wildman–Crippen MR) is 89.2 cm³/mol. The zero-order chi connectivity index (χ0) is 15.4. The molecule has 0 aliphatic heterocycles. The SMILES string of the molecule is C=C(C)COCCNC(=O)c1sc2ccc(Cl)cc2c1N. The zero-order valence-electron chi connectivity index (χ0n) is 11.7. The van der Waals surface area contributed by atoms with Gasteiger partial charge in [0.2, 0.25) is 0 Å². The molecule has 0 radical (unpaired) electrons. The highest BCUT2D eigenvalue weighted by molar-refractivity contribution is 7.21. The molecule has 1 aromatic carbocycles. The fraction of sp³-hybridized carbons (Fsp3) is 0.267. The van der Waals surface area contributed by atoms with E-state index in [4.69, 9.17) is 22.1 Å². The summed E-state index contributed by atoms with van der Waals surface area (Å²) < 4.78 is 6.27. The van der Waals surface area contributed by atoms with E-state index < -0.39 is 0 Å². The van der Waals surface area contributed by atoms with Gasteiger partial charge in [-0.1, -0.05) is 23.8 Å².